The normalized spacial score (nSPS) is 24.3. The summed E-state index contributed by atoms with van der Waals surface area (Å²) in [5.41, 5.74) is 0. The van der Waals surface area contributed by atoms with E-state index < -0.39 is 0 Å². The minimum absolute atomic E-state index is 0.499. The minimum atomic E-state index is 0.499. The topological polar surface area (TPSA) is 72.4 Å². The molecule has 1 unspecified atom stereocenters. The van der Waals surface area contributed by atoms with Crippen LogP contribution in [0.3, 0.4) is 0 Å². The first-order valence-corrected chi connectivity index (χ1v) is 9.33. The van der Waals surface area contributed by atoms with Crippen molar-refractivity contribution in [2.24, 2.45) is 10.9 Å². The van der Waals surface area contributed by atoms with Gasteiger partial charge in [-0.2, -0.15) is 5.10 Å². The zero-order valence-electron chi connectivity index (χ0n) is 15.0. The molecule has 2 saturated heterocycles. The largest absolute Gasteiger partial charge is 0.357 e. The van der Waals surface area contributed by atoms with Gasteiger partial charge in [0.2, 0.25) is 0 Å². The fourth-order valence-electron chi connectivity index (χ4n) is 3.84. The summed E-state index contributed by atoms with van der Waals surface area (Å²) >= 11 is 0. The molecule has 0 spiro atoms. The predicted molar refractivity (Wildman–Crippen MR) is 96.1 cm³/mol. The van der Waals surface area contributed by atoms with Crippen LogP contribution in [0.15, 0.2) is 11.3 Å². The van der Waals surface area contributed by atoms with Gasteiger partial charge < -0.3 is 15.1 Å². The van der Waals surface area contributed by atoms with Crippen molar-refractivity contribution in [2.45, 2.75) is 38.5 Å². The van der Waals surface area contributed by atoms with Crippen LogP contribution >= 0.6 is 0 Å². The number of aliphatic imine (C=N–C) groups is 1. The summed E-state index contributed by atoms with van der Waals surface area (Å²) < 4.78 is 0. The van der Waals surface area contributed by atoms with Gasteiger partial charge in [-0.05, 0) is 52.1 Å². The van der Waals surface area contributed by atoms with Crippen LogP contribution in [0.2, 0.25) is 0 Å². The minimum Gasteiger partial charge on any atom is -0.357 e. The first-order valence-electron chi connectivity index (χ1n) is 9.33. The van der Waals surface area contributed by atoms with Crippen LogP contribution in [-0.2, 0) is 0 Å². The smallest absolute Gasteiger partial charge is 0.193 e. The third-order valence-electron chi connectivity index (χ3n) is 5.17. The van der Waals surface area contributed by atoms with Crippen molar-refractivity contribution in [1.82, 2.24) is 30.3 Å². The van der Waals surface area contributed by atoms with Crippen molar-refractivity contribution in [1.29, 1.82) is 0 Å². The second kappa shape index (κ2) is 8.46. The van der Waals surface area contributed by atoms with E-state index in [0.717, 1.165) is 50.8 Å². The van der Waals surface area contributed by atoms with Crippen LogP contribution < -0.4 is 5.32 Å². The van der Waals surface area contributed by atoms with Crippen molar-refractivity contribution in [3.63, 3.8) is 0 Å². The molecule has 3 rings (SSSR count). The predicted octanol–water partition coefficient (Wildman–Crippen LogP) is 1.29. The maximum Gasteiger partial charge on any atom is 0.193 e. The second-order valence-electron chi connectivity index (χ2n) is 7.10. The van der Waals surface area contributed by atoms with Crippen LogP contribution in [0, 0.1) is 5.92 Å². The zero-order chi connectivity index (χ0) is 16.8. The molecule has 0 radical (unpaired) electrons. The second-order valence-corrected chi connectivity index (χ2v) is 7.10. The van der Waals surface area contributed by atoms with E-state index in [-0.39, 0.29) is 0 Å². The van der Waals surface area contributed by atoms with E-state index in [4.69, 9.17) is 4.99 Å². The lowest BCUT2D eigenvalue weighted by Gasteiger charge is -2.34. The molecule has 2 N–H and O–H groups in total. The van der Waals surface area contributed by atoms with E-state index in [0.29, 0.717) is 11.8 Å². The molecule has 7 nitrogen and oxygen atoms in total. The Balaban J connectivity index is 1.54. The van der Waals surface area contributed by atoms with Crippen molar-refractivity contribution in [3.8, 4) is 0 Å². The number of nitrogens with zero attached hydrogens (tertiary/aromatic N) is 5. The van der Waals surface area contributed by atoms with Crippen molar-refractivity contribution >= 4 is 5.96 Å². The molecule has 0 aliphatic carbocycles. The van der Waals surface area contributed by atoms with Crippen LogP contribution in [0.1, 0.15) is 44.3 Å². The third-order valence-corrected chi connectivity index (χ3v) is 5.17. The van der Waals surface area contributed by atoms with Gasteiger partial charge in [-0.25, -0.2) is 4.98 Å². The van der Waals surface area contributed by atoms with Gasteiger partial charge in [0.15, 0.2) is 5.96 Å². The summed E-state index contributed by atoms with van der Waals surface area (Å²) in [5.74, 6) is 3.31. The number of likely N-dealkylation sites (tertiary alicyclic amines) is 2. The Labute approximate surface area is 144 Å². The molecule has 0 aromatic carbocycles. The first kappa shape index (κ1) is 17.2. The van der Waals surface area contributed by atoms with Crippen molar-refractivity contribution in [2.75, 3.05) is 46.3 Å². The average Bonchev–Trinajstić information content (AvgIpc) is 3.13. The molecule has 2 aliphatic heterocycles. The van der Waals surface area contributed by atoms with Gasteiger partial charge >= 0.3 is 0 Å². The number of H-pyrrole nitrogens is 1. The maximum absolute atomic E-state index is 4.95. The molecule has 1 aromatic heterocycles. The Hall–Kier alpha value is -1.63. The van der Waals surface area contributed by atoms with Crippen LogP contribution in [0.5, 0.6) is 0 Å². The highest BCUT2D eigenvalue weighted by Gasteiger charge is 2.24. The number of hydrogen-bond donors (Lipinski definition) is 2. The van der Waals surface area contributed by atoms with Gasteiger partial charge in [0.25, 0.3) is 0 Å². The van der Waals surface area contributed by atoms with Crippen molar-refractivity contribution < 1.29 is 0 Å². The fourth-order valence-corrected chi connectivity index (χ4v) is 3.84. The SMILES string of the molecule is CCNC(=NCC1CCCN(C)C1)N1CCC(c2ncn[nH]2)CC1. The zero-order valence-corrected chi connectivity index (χ0v) is 15.0. The third kappa shape index (κ3) is 4.47. The maximum atomic E-state index is 4.95. The molecule has 0 bridgehead atoms. The molecule has 3 heterocycles. The summed E-state index contributed by atoms with van der Waals surface area (Å²) in [4.78, 5) is 14.1. The van der Waals surface area contributed by atoms with E-state index in [2.05, 4.69) is 44.3 Å². The van der Waals surface area contributed by atoms with Crippen LogP contribution in [-0.4, -0.2) is 77.3 Å². The lowest BCUT2D eigenvalue weighted by molar-refractivity contribution is 0.213. The fraction of sp³-hybridized carbons (Fsp3) is 0.824. The van der Waals surface area contributed by atoms with Crippen LogP contribution in [0.25, 0.3) is 0 Å². The van der Waals surface area contributed by atoms with Gasteiger partial charge in [0, 0.05) is 38.6 Å². The molecule has 2 aliphatic rings. The molecule has 24 heavy (non-hydrogen) atoms. The number of aromatic nitrogens is 3. The molecule has 134 valence electrons. The molecule has 0 saturated carbocycles. The van der Waals surface area contributed by atoms with Gasteiger partial charge in [0.1, 0.15) is 12.2 Å². The Morgan fingerprint density at radius 2 is 2.17 bits per heavy atom. The standard InChI is InChI=1S/C17H31N7/c1-3-18-17(19-11-14-5-4-8-23(2)12-14)24-9-6-15(7-10-24)16-20-13-21-22-16/h13-15H,3-12H2,1-2H3,(H,18,19)(H,20,21,22). The molecule has 0 amide bonds. The van der Waals surface area contributed by atoms with E-state index in [1.54, 1.807) is 6.33 Å². The lowest BCUT2D eigenvalue weighted by Crippen LogP contribution is -2.46. The van der Waals surface area contributed by atoms with Gasteiger partial charge in [0.05, 0.1) is 0 Å². The van der Waals surface area contributed by atoms with Gasteiger partial charge in [-0.3, -0.25) is 10.1 Å². The highest BCUT2D eigenvalue weighted by molar-refractivity contribution is 5.80. The van der Waals surface area contributed by atoms with E-state index in [9.17, 15) is 0 Å². The van der Waals surface area contributed by atoms with E-state index >= 15 is 0 Å². The number of piperidine rings is 2. The van der Waals surface area contributed by atoms with Crippen LogP contribution in [0.4, 0.5) is 0 Å². The highest BCUT2D eigenvalue weighted by atomic mass is 15.3. The lowest BCUT2D eigenvalue weighted by atomic mass is 9.96. The summed E-state index contributed by atoms with van der Waals surface area (Å²) in [7, 11) is 2.22. The summed E-state index contributed by atoms with van der Waals surface area (Å²) in [6, 6.07) is 0. The molecular weight excluding hydrogens is 302 g/mol. The Kier molecular flexibility index (Phi) is 6.07. The Morgan fingerprint density at radius 1 is 1.33 bits per heavy atom. The molecule has 7 heteroatoms. The number of guanidine groups is 1. The molecule has 1 atom stereocenters. The summed E-state index contributed by atoms with van der Waals surface area (Å²) in [6.45, 7) is 8.47. The average molecular weight is 333 g/mol. The number of aromatic amines is 1. The molecular formula is C17H31N7. The number of nitrogens with one attached hydrogen (secondary N) is 2. The monoisotopic (exact) mass is 333 g/mol. The first-order chi connectivity index (χ1) is 11.8. The summed E-state index contributed by atoms with van der Waals surface area (Å²) in [6.07, 6.45) is 6.42. The number of hydrogen-bond acceptors (Lipinski definition) is 4. The van der Waals surface area contributed by atoms with Crippen molar-refractivity contribution in [3.05, 3.63) is 12.2 Å². The van der Waals surface area contributed by atoms with E-state index in [1.165, 1.54) is 25.9 Å². The Morgan fingerprint density at radius 3 is 2.83 bits per heavy atom. The van der Waals surface area contributed by atoms with Gasteiger partial charge in [-0.1, -0.05) is 0 Å². The van der Waals surface area contributed by atoms with E-state index in [1.807, 2.05) is 0 Å². The summed E-state index contributed by atoms with van der Waals surface area (Å²) in [5, 5.41) is 10.5. The Bertz CT molecular complexity index is 505. The number of rotatable bonds is 4. The molecule has 1 aromatic rings. The quantitative estimate of drug-likeness (QED) is 0.642. The molecule has 2 fully saturated rings. The van der Waals surface area contributed by atoms with Gasteiger partial charge in [-0.15, -0.1) is 0 Å². The highest BCUT2D eigenvalue weighted by Crippen LogP contribution is 2.25.